The molecule has 0 saturated carbocycles. The van der Waals surface area contributed by atoms with Gasteiger partial charge >= 0.3 is 0 Å². The van der Waals surface area contributed by atoms with E-state index in [0.29, 0.717) is 28.2 Å². The zero-order valence-electron chi connectivity index (χ0n) is 10.6. The third-order valence-corrected chi connectivity index (χ3v) is 3.77. The van der Waals surface area contributed by atoms with Gasteiger partial charge in [-0.2, -0.15) is 0 Å². The lowest BCUT2D eigenvalue weighted by molar-refractivity contribution is 0.102. The molecule has 0 saturated heterocycles. The number of carbonyl (C=O) groups is 1. The Morgan fingerprint density at radius 2 is 2.10 bits per heavy atom. The number of nitrogens with zero attached hydrogens (tertiary/aromatic N) is 3. The summed E-state index contributed by atoms with van der Waals surface area (Å²) in [6.07, 6.45) is 1.70. The van der Waals surface area contributed by atoms with E-state index in [1.54, 1.807) is 34.9 Å². The number of aromatic nitrogens is 3. The molecule has 20 heavy (non-hydrogen) atoms. The molecule has 2 rings (SSSR count). The Hall–Kier alpha value is -1.79. The Morgan fingerprint density at radius 3 is 2.75 bits per heavy atom. The zero-order valence-corrected chi connectivity index (χ0v) is 12.2. The van der Waals surface area contributed by atoms with Gasteiger partial charge in [-0.05, 0) is 24.3 Å². The standard InChI is InChI=1S/C13H13ClN4OS/c1-2-7-18-12(15)16-17-13(18)20-8-11(19)9-3-5-10(14)6-4-9/h2-6H,1,7-8H2,(H2,15,16). The zero-order chi connectivity index (χ0) is 14.5. The van der Waals surface area contributed by atoms with Gasteiger partial charge in [0.1, 0.15) is 0 Å². The molecular weight excluding hydrogens is 296 g/mol. The normalized spacial score (nSPS) is 10.4. The van der Waals surface area contributed by atoms with E-state index in [1.165, 1.54) is 11.8 Å². The summed E-state index contributed by atoms with van der Waals surface area (Å²) in [5.74, 6) is 0.571. The number of nitrogens with two attached hydrogens (primary N) is 1. The summed E-state index contributed by atoms with van der Waals surface area (Å²) >= 11 is 7.08. The molecule has 1 aromatic heterocycles. The smallest absolute Gasteiger partial charge is 0.222 e. The summed E-state index contributed by atoms with van der Waals surface area (Å²) in [5.41, 5.74) is 6.31. The first-order chi connectivity index (χ1) is 9.61. The van der Waals surface area contributed by atoms with Gasteiger partial charge in [0.05, 0.1) is 5.75 Å². The Kier molecular flexibility index (Phi) is 4.81. The van der Waals surface area contributed by atoms with Gasteiger partial charge in [0.25, 0.3) is 0 Å². The number of benzene rings is 1. The first-order valence-electron chi connectivity index (χ1n) is 5.83. The van der Waals surface area contributed by atoms with Crippen LogP contribution in [-0.2, 0) is 6.54 Å². The number of hydrogen-bond acceptors (Lipinski definition) is 5. The highest BCUT2D eigenvalue weighted by Gasteiger charge is 2.12. The number of hydrogen-bond donors (Lipinski definition) is 1. The fourth-order valence-electron chi connectivity index (χ4n) is 1.56. The second kappa shape index (κ2) is 6.58. The number of rotatable bonds is 6. The molecule has 0 bridgehead atoms. The maximum absolute atomic E-state index is 12.0. The van der Waals surface area contributed by atoms with Crippen molar-refractivity contribution in [2.45, 2.75) is 11.7 Å². The maximum Gasteiger partial charge on any atom is 0.222 e. The number of thioether (sulfide) groups is 1. The first-order valence-corrected chi connectivity index (χ1v) is 7.19. The number of halogens is 1. The Bertz CT molecular complexity index is 624. The van der Waals surface area contributed by atoms with Crippen molar-refractivity contribution in [1.29, 1.82) is 0 Å². The van der Waals surface area contributed by atoms with Crippen molar-refractivity contribution in [3.63, 3.8) is 0 Å². The van der Waals surface area contributed by atoms with E-state index in [9.17, 15) is 4.79 Å². The van der Waals surface area contributed by atoms with Gasteiger partial charge in [-0.1, -0.05) is 29.4 Å². The van der Waals surface area contributed by atoms with Crippen LogP contribution >= 0.6 is 23.4 Å². The van der Waals surface area contributed by atoms with Crippen LogP contribution in [0.5, 0.6) is 0 Å². The second-order valence-electron chi connectivity index (χ2n) is 3.96. The molecule has 1 heterocycles. The maximum atomic E-state index is 12.0. The van der Waals surface area contributed by atoms with Crippen LogP contribution in [0.25, 0.3) is 0 Å². The van der Waals surface area contributed by atoms with Crippen LogP contribution in [0.4, 0.5) is 5.95 Å². The second-order valence-corrected chi connectivity index (χ2v) is 5.34. The summed E-state index contributed by atoms with van der Waals surface area (Å²) in [6, 6.07) is 6.79. The van der Waals surface area contributed by atoms with Crippen LogP contribution < -0.4 is 5.73 Å². The summed E-state index contributed by atoms with van der Waals surface area (Å²) in [5, 5.41) is 8.94. The molecule has 0 radical (unpaired) electrons. The van der Waals surface area contributed by atoms with Gasteiger partial charge < -0.3 is 5.73 Å². The summed E-state index contributed by atoms with van der Waals surface area (Å²) in [4.78, 5) is 12.0. The molecule has 2 N–H and O–H groups in total. The minimum absolute atomic E-state index is 0.00149. The molecule has 2 aromatic rings. The van der Waals surface area contributed by atoms with Gasteiger partial charge in [0, 0.05) is 17.1 Å². The fraction of sp³-hybridized carbons (Fsp3) is 0.154. The molecule has 0 spiro atoms. The van der Waals surface area contributed by atoms with Gasteiger partial charge in [-0.15, -0.1) is 16.8 Å². The number of Topliss-reactive ketones (excluding diaryl/α,β-unsaturated/α-hetero) is 1. The largest absolute Gasteiger partial charge is 0.368 e. The molecule has 7 heteroatoms. The van der Waals surface area contributed by atoms with Crippen molar-refractivity contribution in [3.8, 4) is 0 Å². The van der Waals surface area contributed by atoms with Crippen molar-refractivity contribution in [1.82, 2.24) is 14.8 Å². The number of anilines is 1. The van der Waals surface area contributed by atoms with E-state index in [1.807, 2.05) is 0 Å². The minimum atomic E-state index is -0.00149. The van der Waals surface area contributed by atoms with Gasteiger partial charge in [0.15, 0.2) is 10.9 Å². The highest BCUT2D eigenvalue weighted by Crippen LogP contribution is 2.20. The third-order valence-electron chi connectivity index (χ3n) is 2.56. The van der Waals surface area contributed by atoms with Gasteiger partial charge in [-0.3, -0.25) is 9.36 Å². The molecule has 0 atom stereocenters. The molecule has 0 fully saturated rings. The Balaban J connectivity index is 2.03. The van der Waals surface area contributed by atoms with Crippen LogP contribution in [0.15, 0.2) is 42.1 Å². The van der Waals surface area contributed by atoms with E-state index < -0.39 is 0 Å². The molecule has 5 nitrogen and oxygen atoms in total. The SMILES string of the molecule is C=CCn1c(N)nnc1SCC(=O)c1ccc(Cl)cc1. The van der Waals surface area contributed by atoms with Crippen LogP contribution in [0, 0.1) is 0 Å². The monoisotopic (exact) mass is 308 g/mol. The number of nitrogen functional groups attached to an aromatic ring is 1. The lowest BCUT2D eigenvalue weighted by Crippen LogP contribution is -2.06. The van der Waals surface area contributed by atoms with Gasteiger partial charge in [0.2, 0.25) is 5.95 Å². The number of carbonyl (C=O) groups excluding carboxylic acids is 1. The van der Waals surface area contributed by atoms with Crippen LogP contribution in [-0.4, -0.2) is 26.3 Å². The van der Waals surface area contributed by atoms with E-state index in [0.717, 1.165) is 0 Å². The highest BCUT2D eigenvalue weighted by atomic mass is 35.5. The van der Waals surface area contributed by atoms with Crippen molar-refractivity contribution >= 4 is 35.1 Å². The van der Waals surface area contributed by atoms with E-state index in [-0.39, 0.29) is 11.5 Å². The molecule has 0 unspecified atom stereocenters. The van der Waals surface area contributed by atoms with Crippen molar-refractivity contribution in [3.05, 3.63) is 47.5 Å². The van der Waals surface area contributed by atoms with Crippen LogP contribution in [0.3, 0.4) is 0 Å². The predicted molar refractivity (Wildman–Crippen MR) is 81.1 cm³/mol. The molecule has 0 amide bonds. The third kappa shape index (κ3) is 3.40. The highest BCUT2D eigenvalue weighted by molar-refractivity contribution is 7.99. The summed E-state index contributed by atoms with van der Waals surface area (Å²) < 4.78 is 1.70. The van der Waals surface area contributed by atoms with Gasteiger partial charge in [-0.25, -0.2) is 0 Å². The lowest BCUT2D eigenvalue weighted by atomic mass is 10.1. The summed E-state index contributed by atoms with van der Waals surface area (Å²) in [7, 11) is 0. The topological polar surface area (TPSA) is 73.8 Å². The van der Waals surface area contributed by atoms with Crippen LogP contribution in [0.2, 0.25) is 5.02 Å². The first kappa shape index (κ1) is 14.6. The molecule has 104 valence electrons. The van der Waals surface area contributed by atoms with Crippen molar-refractivity contribution in [2.75, 3.05) is 11.5 Å². The van der Waals surface area contributed by atoms with E-state index >= 15 is 0 Å². The molecule has 0 aliphatic carbocycles. The lowest BCUT2D eigenvalue weighted by Gasteiger charge is -2.04. The minimum Gasteiger partial charge on any atom is -0.368 e. The molecular formula is C13H13ClN4OS. The predicted octanol–water partition coefficient (Wildman–Crippen LogP) is 2.67. The van der Waals surface area contributed by atoms with E-state index in [2.05, 4.69) is 16.8 Å². The number of allylic oxidation sites excluding steroid dienone is 1. The van der Waals surface area contributed by atoms with Crippen molar-refractivity contribution in [2.24, 2.45) is 0 Å². The Morgan fingerprint density at radius 1 is 1.40 bits per heavy atom. The average Bonchev–Trinajstić information content (AvgIpc) is 2.79. The molecule has 0 aliphatic rings. The van der Waals surface area contributed by atoms with Crippen molar-refractivity contribution < 1.29 is 4.79 Å². The van der Waals surface area contributed by atoms with Crippen LogP contribution in [0.1, 0.15) is 10.4 Å². The molecule has 0 aliphatic heterocycles. The Labute approximate surface area is 125 Å². The van der Waals surface area contributed by atoms with E-state index in [4.69, 9.17) is 17.3 Å². The fourth-order valence-corrected chi connectivity index (χ4v) is 2.53. The quantitative estimate of drug-likeness (QED) is 0.504. The number of ketones is 1. The average molecular weight is 309 g/mol. The molecule has 1 aromatic carbocycles. The summed E-state index contributed by atoms with van der Waals surface area (Å²) in [6.45, 7) is 4.16.